The Morgan fingerprint density at radius 2 is 1.04 bits per heavy atom. The lowest BCUT2D eigenvalue weighted by molar-refractivity contribution is -0.122. The van der Waals surface area contributed by atoms with E-state index in [9.17, 15) is 19.8 Å². The predicted molar refractivity (Wildman–Crippen MR) is 204 cm³/mol. The van der Waals surface area contributed by atoms with Crippen molar-refractivity contribution in [1.29, 1.82) is 0 Å². The molecule has 3 aliphatic rings. The van der Waals surface area contributed by atoms with Crippen LogP contribution in [0.4, 0.5) is 4.39 Å². The van der Waals surface area contributed by atoms with Gasteiger partial charge in [-0.2, -0.15) is 0 Å². The summed E-state index contributed by atoms with van der Waals surface area (Å²) >= 11 is 0. The van der Waals surface area contributed by atoms with Crippen LogP contribution in [-0.4, -0.2) is 78.8 Å². The zero-order valence-electron chi connectivity index (χ0n) is 33.1. The number of carbonyl (C=O) groups is 2. The maximum absolute atomic E-state index is 15.1. The van der Waals surface area contributed by atoms with E-state index in [1.165, 1.54) is 84.8 Å². The molecule has 0 aromatic heterocycles. The zero-order valence-corrected chi connectivity index (χ0v) is 33.1. The number of aliphatic hydroxyl groups excluding tert-OH is 2. The van der Waals surface area contributed by atoms with Gasteiger partial charge in [-0.1, -0.05) is 129 Å². The van der Waals surface area contributed by atoms with Crippen LogP contribution in [0.3, 0.4) is 0 Å². The van der Waals surface area contributed by atoms with Gasteiger partial charge in [0.1, 0.15) is 6.17 Å². The minimum Gasteiger partial charge on any atom is -0.489 e. The average Bonchev–Trinajstić information content (AvgIpc) is 3.84. The first-order valence-corrected chi connectivity index (χ1v) is 21.2. The summed E-state index contributed by atoms with van der Waals surface area (Å²) in [5.41, 5.74) is 0.343. The van der Waals surface area contributed by atoms with E-state index in [2.05, 4.69) is 6.92 Å². The Morgan fingerprint density at radius 3 is 1.56 bits per heavy atom. The Hall–Kier alpha value is -1.81. The average molecular weight is 736 g/mol. The van der Waals surface area contributed by atoms with E-state index in [0.717, 1.165) is 83.5 Å². The van der Waals surface area contributed by atoms with Crippen molar-refractivity contribution in [3.05, 3.63) is 22.7 Å². The van der Waals surface area contributed by atoms with E-state index in [-0.39, 0.29) is 47.1 Å². The number of unbranched alkanes of at least 4 members (excludes halogenated alkanes) is 17. The van der Waals surface area contributed by atoms with Crippen molar-refractivity contribution >= 4 is 11.6 Å². The van der Waals surface area contributed by atoms with Crippen LogP contribution in [0.1, 0.15) is 181 Å². The fraction of sp³-hybridized carbons (Fsp3) is 0.860. The maximum Gasteiger partial charge on any atom is 0.230 e. The summed E-state index contributed by atoms with van der Waals surface area (Å²) in [7, 11) is 2.65. The number of hydrogen-bond donors (Lipinski definition) is 2. The third-order valence-corrected chi connectivity index (χ3v) is 11.6. The third kappa shape index (κ3) is 14.4. The number of methoxy groups -OCH3 is 2. The van der Waals surface area contributed by atoms with Crippen LogP contribution >= 0.6 is 0 Å². The number of rotatable bonds is 29. The number of carbonyl (C=O) groups excluding carboxylic acids is 2. The number of allylic oxidation sites excluding steroid dienone is 2. The molecule has 52 heavy (non-hydrogen) atoms. The number of alkyl halides is 1. The summed E-state index contributed by atoms with van der Waals surface area (Å²) in [5, 5.41) is 21.4. The first kappa shape index (κ1) is 44.6. The Kier molecular flexibility index (Phi) is 21.7. The lowest BCUT2D eigenvalue weighted by Gasteiger charge is -2.23. The quantitative estimate of drug-likeness (QED) is 0.0577. The highest BCUT2D eigenvalue weighted by Crippen LogP contribution is 2.35. The molecule has 2 fully saturated rings. The topological polar surface area (TPSA) is 112 Å². The second-order valence-electron chi connectivity index (χ2n) is 15.7. The van der Waals surface area contributed by atoms with E-state index in [4.69, 9.17) is 18.9 Å². The first-order valence-electron chi connectivity index (χ1n) is 21.2. The predicted octanol–water partition coefficient (Wildman–Crippen LogP) is 9.72. The van der Waals surface area contributed by atoms with Crippen molar-refractivity contribution in [1.82, 2.24) is 0 Å². The van der Waals surface area contributed by atoms with Crippen LogP contribution in [0.25, 0.3) is 0 Å². The van der Waals surface area contributed by atoms with Gasteiger partial charge in [-0.25, -0.2) is 4.39 Å². The molecule has 0 aromatic rings. The van der Waals surface area contributed by atoms with Crippen molar-refractivity contribution in [3.63, 3.8) is 0 Å². The number of ketones is 2. The molecule has 9 heteroatoms. The molecule has 0 aromatic carbocycles. The molecule has 0 spiro atoms. The minimum atomic E-state index is -0.996. The van der Waals surface area contributed by atoms with Gasteiger partial charge in [0.2, 0.25) is 23.1 Å². The normalized spacial score (nSPS) is 24.2. The fourth-order valence-corrected chi connectivity index (χ4v) is 8.31. The van der Waals surface area contributed by atoms with E-state index < -0.39 is 29.9 Å². The largest absolute Gasteiger partial charge is 0.489 e. The second-order valence-corrected chi connectivity index (χ2v) is 15.7. The molecule has 2 unspecified atom stereocenters. The summed E-state index contributed by atoms with van der Waals surface area (Å²) in [6.07, 6.45) is 24.3. The van der Waals surface area contributed by atoms with Crippen LogP contribution in [0, 0.1) is 0 Å². The minimum absolute atomic E-state index is 0.00911. The molecule has 3 rings (SSSR count). The van der Waals surface area contributed by atoms with Crippen molar-refractivity contribution in [3.8, 4) is 0 Å². The summed E-state index contributed by atoms with van der Waals surface area (Å²) in [6.45, 7) is 3.80. The fourth-order valence-electron chi connectivity index (χ4n) is 8.31. The smallest absolute Gasteiger partial charge is 0.230 e. The highest BCUT2D eigenvalue weighted by molar-refractivity contribution is 6.23. The van der Waals surface area contributed by atoms with Crippen molar-refractivity contribution in [2.75, 3.05) is 14.2 Å². The Labute approximate surface area is 314 Å². The SMILES string of the molecule is CCCCCCCCCC[C@H](O)[C@H]1CC[C@H]([C@H]2CC[C@H](C([18F])CCCCCCCCCCCCCC(O)C3=C(C)C(=O)C(OC)=C(OC)C3=O)O2)O1. The summed E-state index contributed by atoms with van der Waals surface area (Å²) in [4.78, 5) is 25.3. The number of halogens is 1. The number of Topliss-reactive ketones (excluding diaryl/α,β-unsaturated/α-hetero) is 2. The monoisotopic (exact) mass is 736 g/mol. The molecule has 8 nitrogen and oxygen atoms in total. The molecule has 1 aliphatic carbocycles. The van der Waals surface area contributed by atoms with Gasteiger partial charge in [-0.3, -0.25) is 9.59 Å². The third-order valence-electron chi connectivity index (χ3n) is 11.6. The molecule has 0 amide bonds. The molecule has 2 heterocycles. The Bertz CT molecular complexity index is 1100. The van der Waals surface area contributed by atoms with Gasteiger partial charge in [0.15, 0.2) is 0 Å². The van der Waals surface area contributed by atoms with Gasteiger partial charge in [0, 0.05) is 11.1 Å². The van der Waals surface area contributed by atoms with Crippen LogP contribution in [-0.2, 0) is 28.5 Å². The van der Waals surface area contributed by atoms with Gasteiger partial charge in [0.05, 0.1) is 50.8 Å². The molecule has 2 aliphatic heterocycles. The van der Waals surface area contributed by atoms with Gasteiger partial charge in [-0.15, -0.1) is 0 Å². The number of hydrogen-bond acceptors (Lipinski definition) is 8. The molecule has 0 saturated carbocycles. The number of ether oxygens (including phenoxy) is 4. The highest BCUT2D eigenvalue weighted by atomic mass is 18.2. The lowest BCUT2D eigenvalue weighted by Crippen LogP contribution is -2.32. The van der Waals surface area contributed by atoms with Crippen LogP contribution in [0.15, 0.2) is 22.7 Å². The van der Waals surface area contributed by atoms with Gasteiger partial charge in [-0.05, 0) is 51.9 Å². The van der Waals surface area contributed by atoms with Crippen LogP contribution in [0.2, 0.25) is 0 Å². The zero-order chi connectivity index (χ0) is 37.7. The van der Waals surface area contributed by atoms with E-state index >= 15 is 4.39 Å². The molecule has 2 saturated heterocycles. The van der Waals surface area contributed by atoms with E-state index in [1.54, 1.807) is 6.92 Å². The summed E-state index contributed by atoms with van der Waals surface area (Å²) in [6, 6.07) is 0. The van der Waals surface area contributed by atoms with Crippen molar-refractivity contribution < 1.29 is 43.1 Å². The van der Waals surface area contributed by atoms with Crippen molar-refractivity contribution in [2.45, 2.75) is 224 Å². The maximum atomic E-state index is 15.1. The molecule has 2 N–H and O–H groups in total. The van der Waals surface area contributed by atoms with E-state index in [1.807, 2.05) is 0 Å². The summed E-state index contributed by atoms with van der Waals surface area (Å²) < 4.78 is 37.6. The number of aliphatic hydroxyl groups is 2. The standard InChI is InChI=1S/C43H73FO8/c1-5-6-7-8-9-16-19-22-25-33(45)36-28-30-38(52-36)37-29-27-35(51-37)32(44)24-21-18-15-13-11-10-12-14-17-20-23-26-34(46)39-31(2)40(47)42(49-3)43(50-4)41(39)48/h32-38,45-46H,5-30H2,1-4H3/t32?,33-,34?,35+,36+,37+,38+/m0/s1/i44-1. The highest BCUT2D eigenvalue weighted by Gasteiger charge is 2.41. The van der Waals surface area contributed by atoms with Crippen LogP contribution in [0.5, 0.6) is 0 Å². The molecular formula is C43H73FO8. The van der Waals surface area contributed by atoms with Crippen LogP contribution < -0.4 is 0 Å². The molecule has 0 radical (unpaired) electrons. The first-order chi connectivity index (χ1) is 25.2. The van der Waals surface area contributed by atoms with Gasteiger partial charge in [0.25, 0.3) is 0 Å². The molecule has 300 valence electrons. The molecular weight excluding hydrogens is 662 g/mol. The molecule has 0 bridgehead atoms. The van der Waals surface area contributed by atoms with Gasteiger partial charge >= 0.3 is 0 Å². The molecule has 7 atom stereocenters. The summed E-state index contributed by atoms with van der Waals surface area (Å²) in [5.74, 6) is -1.15. The second kappa shape index (κ2) is 25.3. The van der Waals surface area contributed by atoms with E-state index in [0.29, 0.717) is 12.8 Å². The lowest BCUT2D eigenvalue weighted by atomic mass is 9.87. The Balaban J connectivity index is 1.14. The van der Waals surface area contributed by atoms with Crippen molar-refractivity contribution in [2.24, 2.45) is 0 Å². The van der Waals surface area contributed by atoms with Gasteiger partial charge < -0.3 is 29.2 Å². The Morgan fingerprint density at radius 1 is 0.615 bits per heavy atom.